The molecule has 0 atom stereocenters. The fraction of sp³-hybridized carbons (Fsp3) is 0.250. The predicted molar refractivity (Wildman–Crippen MR) is 71.9 cm³/mol. The van der Waals surface area contributed by atoms with Crippen LogP contribution in [0.4, 0.5) is 0 Å². The quantitative estimate of drug-likeness (QED) is 0.600. The summed E-state index contributed by atoms with van der Waals surface area (Å²) in [4.78, 5) is 0. The lowest BCUT2D eigenvalue weighted by Crippen LogP contribution is -2.00. The molecule has 2 rings (SSSR count). The minimum atomic E-state index is 0.578. The van der Waals surface area contributed by atoms with Gasteiger partial charge < -0.3 is 4.74 Å². The van der Waals surface area contributed by atoms with Gasteiger partial charge in [-0.2, -0.15) is 5.26 Å². The van der Waals surface area contributed by atoms with Crippen molar-refractivity contribution in [3.8, 4) is 11.8 Å². The SMILES string of the molecule is N#Cc1ccccc1OCCCSc1nncs1. The molecule has 0 fully saturated rings. The molecule has 0 unspecified atom stereocenters. The highest BCUT2D eigenvalue weighted by molar-refractivity contribution is 8.00. The minimum absolute atomic E-state index is 0.578. The first-order valence-electron chi connectivity index (χ1n) is 5.41. The second-order valence-electron chi connectivity index (χ2n) is 3.36. The van der Waals surface area contributed by atoms with Crippen molar-refractivity contribution in [2.75, 3.05) is 12.4 Å². The average molecular weight is 277 g/mol. The summed E-state index contributed by atoms with van der Waals surface area (Å²) in [6, 6.07) is 9.38. The fourth-order valence-corrected chi connectivity index (χ4v) is 2.78. The zero-order valence-corrected chi connectivity index (χ0v) is 11.2. The van der Waals surface area contributed by atoms with Crippen molar-refractivity contribution in [1.29, 1.82) is 5.26 Å². The highest BCUT2D eigenvalue weighted by Crippen LogP contribution is 2.20. The van der Waals surface area contributed by atoms with Gasteiger partial charge in [0, 0.05) is 5.75 Å². The Morgan fingerprint density at radius 1 is 1.39 bits per heavy atom. The van der Waals surface area contributed by atoms with Crippen molar-refractivity contribution in [3.05, 3.63) is 35.3 Å². The van der Waals surface area contributed by atoms with Crippen molar-refractivity contribution >= 4 is 23.1 Å². The molecule has 1 aromatic carbocycles. The third-order valence-electron chi connectivity index (χ3n) is 2.12. The molecular weight excluding hydrogens is 266 g/mol. The van der Waals surface area contributed by atoms with Gasteiger partial charge >= 0.3 is 0 Å². The summed E-state index contributed by atoms with van der Waals surface area (Å²) in [5.41, 5.74) is 2.30. The van der Waals surface area contributed by atoms with Crippen LogP contribution in [0.3, 0.4) is 0 Å². The largest absolute Gasteiger partial charge is 0.492 e. The normalized spacial score (nSPS) is 9.94. The van der Waals surface area contributed by atoms with E-state index in [9.17, 15) is 0 Å². The van der Waals surface area contributed by atoms with Gasteiger partial charge in [-0.15, -0.1) is 10.2 Å². The molecule has 92 valence electrons. The molecule has 0 aliphatic rings. The van der Waals surface area contributed by atoms with Crippen LogP contribution in [-0.2, 0) is 0 Å². The lowest BCUT2D eigenvalue weighted by molar-refractivity contribution is 0.318. The van der Waals surface area contributed by atoms with E-state index in [2.05, 4.69) is 16.3 Å². The Bertz CT molecular complexity index is 522. The van der Waals surface area contributed by atoms with E-state index in [-0.39, 0.29) is 0 Å². The molecule has 0 spiro atoms. The Labute approximate surface area is 114 Å². The van der Waals surface area contributed by atoms with Gasteiger partial charge in [-0.05, 0) is 18.6 Å². The Kier molecular flexibility index (Phi) is 5.00. The fourth-order valence-electron chi connectivity index (χ4n) is 1.31. The van der Waals surface area contributed by atoms with Crippen LogP contribution >= 0.6 is 23.1 Å². The van der Waals surface area contributed by atoms with Crippen molar-refractivity contribution < 1.29 is 4.74 Å². The van der Waals surface area contributed by atoms with Crippen LogP contribution in [0.2, 0.25) is 0 Å². The van der Waals surface area contributed by atoms with E-state index in [1.807, 2.05) is 18.2 Å². The maximum absolute atomic E-state index is 8.90. The van der Waals surface area contributed by atoms with Gasteiger partial charge in [0.1, 0.15) is 17.3 Å². The van der Waals surface area contributed by atoms with E-state index in [4.69, 9.17) is 10.00 Å². The van der Waals surface area contributed by atoms with Gasteiger partial charge in [-0.25, -0.2) is 0 Å². The number of hydrogen-bond acceptors (Lipinski definition) is 6. The Morgan fingerprint density at radius 3 is 3.06 bits per heavy atom. The monoisotopic (exact) mass is 277 g/mol. The number of thioether (sulfide) groups is 1. The van der Waals surface area contributed by atoms with E-state index >= 15 is 0 Å². The van der Waals surface area contributed by atoms with E-state index < -0.39 is 0 Å². The summed E-state index contributed by atoms with van der Waals surface area (Å²) in [6.45, 7) is 0.602. The van der Waals surface area contributed by atoms with E-state index in [0.717, 1.165) is 16.5 Å². The van der Waals surface area contributed by atoms with Gasteiger partial charge in [-0.1, -0.05) is 35.2 Å². The van der Waals surface area contributed by atoms with Crippen molar-refractivity contribution in [3.63, 3.8) is 0 Å². The number of nitriles is 1. The number of benzene rings is 1. The van der Waals surface area contributed by atoms with Crippen LogP contribution in [0, 0.1) is 11.3 Å². The van der Waals surface area contributed by atoms with Crippen LogP contribution in [-0.4, -0.2) is 22.6 Å². The first-order valence-corrected chi connectivity index (χ1v) is 7.27. The summed E-state index contributed by atoms with van der Waals surface area (Å²) < 4.78 is 6.56. The molecule has 0 saturated heterocycles. The van der Waals surface area contributed by atoms with E-state index in [1.54, 1.807) is 34.7 Å². The average Bonchev–Trinajstić information content (AvgIpc) is 2.92. The maximum Gasteiger partial charge on any atom is 0.174 e. The van der Waals surface area contributed by atoms with Crippen molar-refractivity contribution in [2.24, 2.45) is 0 Å². The highest BCUT2D eigenvalue weighted by atomic mass is 32.2. The lowest BCUT2D eigenvalue weighted by atomic mass is 10.2. The summed E-state index contributed by atoms with van der Waals surface area (Å²) in [7, 11) is 0. The summed E-state index contributed by atoms with van der Waals surface area (Å²) >= 11 is 3.21. The highest BCUT2D eigenvalue weighted by Gasteiger charge is 2.02. The number of ether oxygens (including phenoxy) is 1. The molecule has 2 aromatic rings. The summed E-state index contributed by atoms with van der Waals surface area (Å²) in [6.07, 6.45) is 0.907. The Morgan fingerprint density at radius 2 is 2.28 bits per heavy atom. The molecule has 4 nitrogen and oxygen atoms in total. The summed E-state index contributed by atoms with van der Waals surface area (Å²) in [5.74, 6) is 1.59. The van der Waals surface area contributed by atoms with Gasteiger partial charge in [0.25, 0.3) is 0 Å². The maximum atomic E-state index is 8.90. The molecule has 0 amide bonds. The third-order valence-corrected chi connectivity index (χ3v) is 4.07. The molecule has 1 heterocycles. The predicted octanol–water partition coefficient (Wildman–Crippen LogP) is 2.97. The van der Waals surface area contributed by atoms with Crippen LogP contribution in [0.1, 0.15) is 12.0 Å². The van der Waals surface area contributed by atoms with Gasteiger partial charge in [0.15, 0.2) is 4.34 Å². The second-order valence-corrected chi connectivity index (χ2v) is 5.54. The number of aromatic nitrogens is 2. The Balaban J connectivity index is 1.71. The van der Waals surface area contributed by atoms with Crippen molar-refractivity contribution in [2.45, 2.75) is 10.8 Å². The van der Waals surface area contributed by atoms with Gasteiger partial charge in [0.05, 0.1) is 12.2 Å². The van der Waals surface area contributed by atoms with Crippen LogP contribution in [0.15, 0.2) is 34.1 Å². The third kappa shape index (κ3) is 3.72. The number of rotatable bonds is 6. The molecule has 6 heteroatoms. The zero-order chi connectivity index (χ0) is 12.6. The molecule has 0 aliphatic heterocycles. The van der Waals surface area contributed by atoms with Crippen LogP contribution in [0.5, 0.6) is 5.75 Å². The smallest absolute Gasteiger partial charge is 0.174 e. The molecule has 0 radical (unpaired) electrons. The van der Waals surface area contributed by atoms with Gasteiger partial charge in [0.2, 0.25) is 0 Å². The topological polar surface area (TPSA) is 58.8 Å². The van der Waals surface area contributed by atoms with E-state index in [0.29, 0.717) is 17.9 Å². The molecule has 0 aliphatic carbocycles. The number of hydrogen-bond donors (Lipinski definition) is 0. The molecular formula is C12H11N3OS2. The van der Waals surface area contributed by atoms with Crippen molar-refractivity contribution in [1.82, 2.24) is 10.2 Å². The molecule has 0 saturated carbocycles. The standard InChI is InChI=1S/C12H11N3OS2/c13-8-10-4-1-2-5-11(10)16-6-3-7-17-12-15-14-9-18-12/h1-2,4-5,9H,3,6-7H2. The van der Waals surface area contributed by atoms with Gasteiger partial charge in [-0.3, -0.25) is 0 Å². The summed E-state index contributed by atoms with van der Waals surface area (Å²) in [5, 5.41) is 16.6. The first-order chi connectivity index (χ1) is 8.90. The van der Waals surface area contributed by atoms with E-state index in [1.165, 1.54) is 0 Å². The molecule has 0 bridgehead atoms. The lowest BCUT2D eigenvalue weighted by Gasteiger charge is -2.06. The Hall–Kier alpha value is -1.58. The van der Waals surface area contributed by atoms with Crippen LogP contribution < -0.4 is 4.74 Å². The van der Waals surface area contributed by atoms with Crippen LogP contribution in [0.25, 0.3) is 0 Å². The number of para-hydroxylation sites is 1. The molecule has 0 N–H and O–H groups in total. The first kappa shape index (κ1) is 12.9. The minimum Gasteiger partial charge on any atom is -0.492 e. The molecule has 1 aromatic heterocycles. The zero-order valence-electron chi connectivity index (χ0n) is 9.57. The number of nitrogens with zero attached hydrogens (tertiary/aromatic N) is 3. The molecule has 18 heavy (non-hydrogen) atoms. The second kappa shape index (κ2) is 6.99.